The first-order chi connectivity index (χ1) is 30.0. The molecule has 0 radical (unpaired) electrons. The van der Waals surface area contributed by atoms with Crippen LogP contribution in [0.3, 0.4) is 0 Å². The van der Waals surface area contributed by atoms with Crippen LogP contribution in [0.5, 0.6) is 11.5 Å². The second-order valence-corrected chi connectivity index (χ2v) is 19.5. The summed E-state index contributed by atoms with van der Waals surface area (Å²) in [5.41, 5.74) is 12.3. The van der Waals surface area contributed by atoms with E-state index in [9.17, 15) is 5.26 Å². The molecular weight excluding hydrogens is 773 g/mol. The maximum atomic E-state index is 9.81. The number of nitriles is 1. The van der Waals surface area contributed by atoms with Crippen LogP contribution in [0, 0.1) is 17.9 Å². The van der Waals surface area contributed by atoms with Crippen LogP contribution < -0.4 is 13.9 Å². The molecule has 63 heavy (non-hydrogen) atoms. The van der Waals surface area contributed by atoms with E-state index in [2.05, 4.69) is 166 Å². The first-order valence-electron chi connectivity index (χ1n) is 21.4. The van der Waals surface area contributed by atoms with Gasteiger partial charge in [0.25, 0.3) is 5.69 Å². The first-order valence-corrected chi connectivity index (χ1v) is 21.4. The molecule has 3 heterocycles. The lowest BCUT2D eigenvalue weighted by molar-refractivity contribution is 0.483. The summed E-state index contributed by atoms with van der Waals surface area (Å²) in [5, 5.41) is 11.8. The minimum absolute atomic E-state index is 0.0671. The number of fused-ring (bicyclic) bond motifs is 4. The van der Waals surface area contributed by atoms with E-state index >= 15 is 0 Å². The summed E-state index contributed by atoms with van der Waals surface area (Å²) >= 11 is 0. The number of benzene rings is 6. The summed E-state index contributed by atoms with van der Waals surface area (Å²) in [6.45, 7) is 27.9. The minimum atomic E-state index is -0.0860. The summed E-state index contributed by atoms with van der Waals surface area (Å²) < 4.78 is 13.2. The van der Waals surface area contributed by atoms with Gasteiger partial charge in [0.1, 0.15) is 17.3 Å². The van der Waals surface area contributed by atoms with E-state index in [4.69, 9.17) is 16.3 Å². The molecule has 308 valence electrons. The fourth-order valence-electron chi connectivity index (χ4n) is 8.33. The Labute approximate surface area is 370 Å². The number of hydrogen-bond acceptors (Lipinski definition) is 3. The van der Waals surface area contributed by atoms with E-state index < -0.39 is 0 Å². The number of pyridine rings is 1. The lowest BCUT2D eigenvalue weighted by Crippen LogP contribution is -2.17. The average molecular weight is 823 g/mol. The van der Waals surface area contributed by atoms with Crippen LogP contribution >= 0.6 is 0 Å². The van der Waals surface area contributed by atoms with Crippen LogP contribution in [-0.2, 0) is 16.2 Å². The van der Waals surface area contributed by atoms with Crippen LogP contribution in [0.2, 0.25) is 0 Å². The molecule has 0 amide bonds. The zero-order valence-electron chi connectivity index (χ0n) is 37.4. The topological polar surface area (TPSA) is 61.2 Å². The van der Waals surface area contributed by atoms with Gasteiger partial charge in [0.15, 0.2) is 5.69 Å². The normalized spacial score (nSPS) is 12.7. The van der Waals surface area contributed by atoms with Crippen molar-refractivity contribution in [3.8, 4) is 34.5 Å². The predicted molar refractivity (Wildman–Crippen MR) is 258 cm³/mol. The highest BCUT2D eigenvalue weighted by Gasteiger charge is 2.40. The molecule has 0 atom stereocenters. The van der Waals surface area contributed by atoms with E-state index in [0.29, 0.717) is 22.7 Å². The molecule has 6 aromatic carbocycles. The van der Waals surface area contributed by atoms with E-state index in [1.54, 1.807) is 0 Å². The Bertz CT molecular complexity index is 3290. The Morgan fingerprint density at radius 1 is 0.635 bits per heavy atom. The zero-order valence-corrected chi connectivity index (χ0v) is 37.4. The second kappa shape index (κ2) is 15.1. The van der Waals surface area contributed by atoms with Crippen molar-refractivity contribution in [2.75, 3.05) is 0 Å². The van der Waals surface area contributed by atoms with Crippen molar-refractivity contribution in [3.05, 3.63) is 173 Å². The summed E-state index contributed by atoms with van der Waals surface area (Å²) in [6.07, 6.45) is 1.87. The van der Waals surface area contributed by atoms with Crippen LogP contribution in [0.15, 0.2) is 140 Å². The average Bonchev–Trinajstić information content (AvgIpc) is 3.81. The second-order valence-electron chi connectivity index (χ2n) is 19.5. The van der Waals surface area contributed by atoms with Crippen molar-refractivity contribution in [2.45, 2.75) is 78.6 Å². The molecule has 0 N–H and O–H groups in total. The van der Waals surface area contributed by atoms with Crippen molar-refractivity contribution in [2.24, 2.45) is 0 Å². The molecule has 9 rings (SSSR count). The Hall–Kier alpha value is -7.57. The van der Waals surface area contributed by atoms with Gasteiger partial charge in [-0.25, -0.2) is 9.83 Å². The van der Waals surface area contributed by atoms with E-state index in [0.717, 1.165) is 61.5 Å². The van der Waals surface area contributed by atoms with Crippen molar-refractivity contribution < 1.29 is 4.74 Å². The molecule has 0 saturated carbocycles. The Morgan fingerprint density at radius 2 is 1.35 bits per heavy atom. The highest BCUT2D eigenvalue weighted by Crippen LogP contribution is 2.45. The fourth-order valence-corrected chi connectivity index (χ4v) is 8.33. The molecule has 0 fully saturated rings. The van der Waals surface area contributed by atoms with Gasteiger partial charge < -0.3 is 4.74 Å². The van der Waals surface area contributed by atoms with Crippen LogP contribution in [-0.4, -0.2) is 15.6 Å². The molecule has 1 aliphatic rings. The third-order valence-corrected chi connectivity index (χ3v) is 11.9. The molecule has 0 unspecified atom stereocenters. The molecule has 0 spiro atoms. The van der Waals surface area contributed by atoms with Crippen LogP contribution in [0.4, 0.5) is 28.4 Å². The van der Waals surface area contributed by atoms with Gasteiger partial charge in [0.2, 0.25) is 11.4 Å². The van der Waals surface area contributed by atoms with Gasteiger partial charge in [0, 0.05) is 47.3 Å². The minimum Gasteiger partial charge on any atom is -0.457 e. The Morgan fingerprint density at radius 3 is 2.06 bits per heavy atom. The van der Waals surface area contributed by atoms with Gasteiger partial charge in [-0.3, -0.25) is 4.57 Å². The SMILES string of the molecule is [C-]#[N+]c1cccc(-c2cccc3c2[N+](c2cc(C(C)(C)C)cc(C(C)(C)C)c2)=C=[N+]3c2cccc(Oc3ccc4c5cc(C#N)ccc5n(-c5cc(C(C)(C)C)ccn5)c4c3)c2)c1. The maximum absolute atomic E-state index is 9.81. The van der Waals surface area contributed by atoms with Crippen LogP contribution in [0.1, 0.15) is 84.6 Å². The third kappa shape index (κ3) is 7.59. The fraction of sp³-hybridized carbons (Fsp3) is 0.214. The number of hydrogen-bond donors (Lipinski definition) is 0. The highest BCUT2D eigenvalue weighted by atomic mass is 16.5. The smallest absolute Gasteiger partial charge is 0.457 e. The Kier molecular flexibility index (Phi) is 9.79. The summed E-state index contributed by atoms with van der Waals surface area (Å²) in [6, 6.07) is 51.4. The van der Waals surface area contributed by atoms with Gasteiger partial charge in [-0.2, -0.15) is 5.26 Å². The first kappa shape index (κ1) is 40.8. The number of para-hydroxylation sites is 1. The maximum Gasteiger partial charge on any atom is 0.503 e. The quantitative estimate of drug-likeness (QED) is 0.124. The molecule has 7 nitrogen and oxygen atoms in total. The molecule has 1 aliphatic heterocycles. The van der Waals surface area contributed by atoms with E-state index in [1.807, 2.05) is 66.9 Å². The molecule has 0 aliphatic carbocycles. The molecule has 2 aromatic heterocycles. The predicted octanol–water partition coefficient (Wildman–Crippen LogP) is 14.8. The largest absolute Gasteiger partial charge is 0.503 e. The molecule has 0 saturated heterocycles. The van der Waals surface area contributed by atoms with E-state index in [-0.39, 0.29) is 16.2 Å². The van der Waals surface area contributed by atoms with Gasteiger partial charge in [-0.1, -0.05) is 98.7 Å². The molecular formula is C56H50N6O+2. The standard InChI is InChI=1S/C56H50N6O/c1-54(2,3)38-24-25-59-52(31-38)62-49-23-20-36(34-57)26-48(49)47-22-21-45(33-51(47)62)63-44-17-12-16-42(32-44)60-35-61(43-29-39(55(4,5)6)28-40(30-43)56(7,8)9)53-46(18-13-19-50(53)60)37-14-11-15-41(27-37)58-10/h11-33H,1-9H3/q+2. The van der Waals surface area contributed by atoms with Crippen molar-refractivity contribution in [3.63, 3.8) is 0 Å². The van der Waals surface area contributed by atoms with Crippen molar-refractivity contribution in [1.82, 2.24) is 18.7 Å². The van der Waals surface area contributed by atoms with Crippen molar-refractivity contribution in [1.29, 1.82) is 5.26 Å². The summed E-state index contributed by atoms with van der Waals surface area (Å²) in [5.74, 6) is 2.14. The number of nitrogens with zero attached hydrogens (tertiary/aromatic N) is 6. The molecule has 8 aromatic rings. The van der Waals surface area contributed by atoms with Gasteiger partial charge in [0.05, 0.1) is 40.9 Å². The number of rotatable bonds is 6. The van der Waals surface area contributed by atoms with Gasteiger partial charge in [-0.05, 0) is 108 Å². The van der Waals surface area contributed by atoms with E-state index in [1.165, 1.54) is 16.7 Å². The monoisotopic (exact) mass is 822 g/mol. The van der Waals surface area contributed by atoms with Crippen molar-refractivity contribution >= 4 is 56.3 Å². The number of ether oxygens (including phenoxy) is 1. The Balaban J connectivity index is 1.19. The zero-order chi connectivity index (χ0) is 44.4. The van der Waals surface area contributed by atoms with Gasteiger partial charge >= 0.3 is 11.7 Å². The highest BCUT2D eigenvalue weighted by molar-refractivity contribution is 6.10. The summed E-state index contributed by atoms with van der Waals surface area (Å²) in [4.78, 5) is 8.61. The molecule has 7 heteroatoms. The third-order valence-electron chi connectivity index (χ3n) is 11.9. The number of aromatic nitrogens is 2. The van der Waals surface area contributed by atoms with Gasteiger partial charge in [-0.15, -0.1) is 0 Å². The van der Waals surface area contributed by atoms with Crippen LogP contribution in [0.25, 0.3) is 43.6 Å². The summed E-state index contributed by atoms with van der Waals surface area (Å²) in [7, 11) is 0. The molecule has 0 bridgehead atoms. The lowest BCUT2D eigenvalue weighted by Gasteiger charge is -2.24. The lowest BCUT2D eigenvalue weighted by atomic mass is 9.80.